The van der Waals surface area contributed by atoms with Gasteiger partial charge in [-0.25, -0.2) is 9.59 Å². The number of carbonyl (C=O) groups excluding carboxylic acids is 2. The molecule has 1 aromatic carbocycles. The van der Waals surface area contributed by atoms with Crippen LogP contribution in [0.4, 0.5) is 4.79 Å². The molecule has 1 aliphatic heterocycles. The summed E-state index contributed by atoms with van der Waals surface area (Å²) in [6, 6.07) is 5.37. The van der Waals surface area contributed by atoms with E-state index in [-0.39, 0.29) is 18.7 Å². The van der Waals surface area contributed by atoms with Gasteiger partial charge in [-0.3, -0.25) is 4.90 Å². The Bertz CT molecular complexity index is 730. The van der Waals surface area contributed by atoms with Crippen molar-refractivity contribution in [2.24, 2.45) is 0 Å². The van der Waals surface area contributed by atoms with Crippen molar-refractivity contribution in [3.8, 4) is 5.75 Å². The van der Waals surface area contributed by atoms with E-state index in [4.69, 9.17) is 9.47 Å². The zero-order valence-electron chi connectivity index (χ0n) is 16.7. The van der Waals surface area contributed by atoms with Gasteiger partial charge in [0.1, 0.15) is 5.75 Å². The smallest absolute Gasteiger partial charge is 0.337 e. The lowest BCUT2D eigenvalue weighted by Gasteiger charge is -2.30. The Morgan fingerprint density at radius 3 is 2.63 bits per heavy atom. The summed E-state index contributed by atoms with van der Waals surface area (Å²) in [5, 5.41) is 5.57. The summed E-state index contributed by atoms with van der Waals surface area (Å²) in [7, 11) is 3.58. The minimum atomic E-state index is -0.395. The van der Waals surface area contributed by atoms with Crippen LogP contribution in [0.5, 0.6) is 5.75 Å². The van der Waals surface area contributed by atoms with E-state index in [1.165, 1.54) is 0 Å². The number of nitrogens with zero attached hydrogens (tertiary/aromatic N) is 1. The highest BCUT2D eigenvalue weighted by atomic mass is 16.5. The summed E-state index contributed by atoms with van der Waals surface area (Å²) < 4.78 is 10.6. The van der Waals surface area contributed by atoms with Gasteiger partial charge in [-0.05, 0) is 33.4 Å². The minimum Gasteiger partial charge on any atom is -0.496 e. The maximum absolute atomic E-state index is 12.5. The van der Waals surface area contributed by atoms with Crippen LogP contribution in [0, 0.1) is 6.92 Å². The van der Waals surface area contributed by atoms with Crippen LogP contribution in [0.1, 0.15) is 31.4 Å². The van der Waals surface area contributed by atoms with Gasteiger partial charge in [0.25, 0.3) is 0 Å². The van der Waals surface area contributed by atoms with Crippen LogP contribution in [0.2, 0.25) is 0 Å². The maximum atomic E-state index is 12.5. The Kier molecular flexibility index (Phi) is 7.24. The van der Waals surface area contributed by atoms with Gasteiger partial charge in [0.2, 0.25) is 0 Å². The molecule has 0 fully saturated rings. The second kappa shape index (κ2) is 9.41. The van der Waals surface area contributed by atoms with Crippen molar-refractivity contribution >= 4 is 12.0 Å². The topological polar surface area (TPSA) is 79.9 Å². The molecule has 148 valence electrons. The van der Waals surface area contributed by atoms with Gasteiger partial charge in [-0.15, -0.1) is 0 Å². The molecule has 1 unspecified atom stereocenters. The van der Waals surface area contributed by atoms with Crippen LogP contribution < -0.4 is 15.4 Å². The van der Waals surface area contributed by atoms with Gasteiger partial charge in [-0.1, -0.05) is 24.6 Å². The van der Waals surface area contributed by atoms with Crippen LogP contribution >= 0.6 is 0 Å². The zero-order valence-corrected chi connectivity index (χ0v) is 16.7. The van der Waals surface area contributed by atoms with E-state index in [1.54, 1.807) is 14.0 Å². The first-order valence-corrected chi connectivity index (χ1v) is 9.19. The molecule has 1 aromatic rings. The molecule has 0 radical (unpaired) electrons. The Hall–Kier alpha value is -2.54. The molecule has 0 spiro atoms. The van der Waals surface area contributed by atoms with E-state index in [0.29, 0.717) is 30.8 Å². The number of methoxy groups -OCH3 is 1. The molecule has 0 aromatic heterocycles. The van der Waals surface area contributed by atoms with Gasteiger partial charge in [0, 0.05) is 24.4 Å². The molecule has 2 N–H and O–H groups in total. The molecular formula is C20H29N3O4. The Morgan fingerprint density at radius 2 is 2.00 bits per heavy atom. The van der Waals surface area contributed by atoms with E-state index in [0.717, 1.165) is 16.9 Å². The van der Waals surface area contributed by atoms with Crippen molar-refractivity contribution in [2.45, 2.75) is 39.8 Å². The third-order valence-corrected chi connectivity index (χ3v) is 4.45. The number of nitrogens with one attached hydrogen (secondary N) is 2. The SMILES string of the molecule is CCOC(=O)C1=C(CN(C)Cc2cc(C)ccc2OC)NC(=O)NC1CC. The summed E-state index contributed by atoms with van der Waals surface area (Å²) in [4.78, 5) is 26.5. The molecular weight excluding hydrogens is 346 g/mol. The summed E-state index contributed by atoms with van der Waals surface area (Å²) in [5.41, 5.74) is 3.26. The van der Waals surface area contributed by atoms with Crippen LogP contribution in [0.3, 0.4) is 0 Å². The molecule has 0 aliphatic carbocycles. The normalized spacial score (nSPS) is 16.8. The van der Waals surface area contributed by atoms with E-state index < -0.39 is 5.97 Å². The lowest BCUT2D eigenvalue weighted by molar-refractivity contribution is -0.139. The van der Waals surface area contributed by atoms with Crippen molar-refractivity contribution in [1.29, 1.82) is 0 Å². The Balaban J connectivity index is 2.26. The number of likely N-dealkylation sites (N-methyl/N-ethyl adjacent to an activating group) is 1. The number of esters is 1. The second-order valence-electron chi connectivity index (χ2n) is 6.66. The molecule has 0 saturated heterocycles. The van der Waals surface area contributed by atoms with Crippen LogP contribution in [-0.2, 0) is 16.1 Å². The first-order chi connectivity index (χ1) is 12.9. The predicted octanol–water partition coefficient (Wildman–Crippen LogP) is 2.34. The largest absolute Gasteiger partial charge is 0.496 e. The zero-order chi connectivity index (χ0) is 20.0. The van der Waals surface area contributed by atoms with Gasteiger partial charge >= 0.3 is 12.0 Å². The highest BCUT2D eigenvalue weighted by Crippen LogP contribution is 2.22. The summed E-state index contributed by atoms with van der Waals surface area (Å²) in [6.07, 6.45) is 0.612. The Morgan fingerprint density at radius 1 is 1.26 bits per heavy atom. The first kappa shape index (κ1) is 20.8. The van der Waals surface area contributed by atoms with Gasteiger partial charge in [0.15, 0.2) is 0 Å². The molecule has 2 rings (SSSR count). The van der Waals surface area contributed by atoms with Crippen LogP contribution in [-0.4, -0.2) is 50.3 Å². The highest BCUT2D eigenvalue weighted by Gasteiger charge is 2.31. The number of aryl methyl sites for hydroxylation is 1. The number of carbonyl (C=O) groups is 2. The molecule has 2 amide bonds. The average Bonchev–Trinajstić information content (AvgIpc) is 2.61. The third kappa shape index (κ3) is 5.23. The summed E-state index contributed by atoms with van der Waals surface area (Å²) >= 11 is 0. The number of hydrogen-bond acceptors (Lipinski definition) is 5. The van der Waals surface area contributed by atoms with Gasteiger partial charge in [-0.2, -0.15) is 0 Å². The fourth-order valence-corrected chi connectivity index (χ4v) is 3.23. The van der Waals surface area contributed by atoms with Gasteiger partial charge in [0.05, 0.1) is 25.3 Å². The lowest BCUT2D eigenvalue weighted by atomic mass is 10.00. The average molecular weight is 375 g/mol. The number of amides is 2. The summed E-state index contributed by atoms with van der Waals surface area (Å²) in [6.45, 7) is 7.04. The quantitative estimate of drug-likeness (QED) is 0.682. The maximum Gasteiger partial charge on any atom is 0.337 e. The van der Waals surface area contributed by atoms with E-state index in [9.17, 15) is 9.59 Å². The predicted molar refractivity (Wildman–Crippen MR) is 103 cm³/mol. The monoisotopic (exact) mass is 375 g/mol. The Labute approximate surface area is 160 Å². The van der Waals surface area contributed by atoms with Crippen LogP contribution in [0.15, 0.2) is 29.5 Å². The third-order valence-electron chi connectivity index (χ3n) is 4.45. The molecule has 1 atom stereocenters. The summed E-state index contributed by atoms with van der Waals surface area (Å²) in [5.74, 6) is 0.418. The number of ether oxygens (including phenoxy) is 2. The standard InChI is InChI=1S/C20H29N3O4/c1-6-15-18(19(24)27-7-2)16(22-20(25)21-15)12-23(4)11-14-10-13(3)8-9-17(14)26-5/h8-10,15H,6-7,11-12H2,1-5H3,(H2,21,22,25). The van der Waals surface area contributed by atoms with E-state index in [2.05, 4.69) is 16.7 Å². The molecule has 1 heterocycles. The molecule has 1 aliphatic rings. The fraction of sp³-hybridized carbons (Fsp3) is 0.500. The molecule has 0 saturated carbocycles. The minimum absolute atomic E-state index is 0.288. The van der Waals surface area contributed by atoms with Gasteiger partial charge < -0.3 is 20.1 Å². The van der Waals surface area contributed by atoms with Crippen molar-refractivity contribution in [1.82, 2.24) is 15.5 Å². The van der Waals surface area contributed by atoms with Crippen molar-refractivity contribution < 1.29 is 19.1 Å². The van der Waals surface area contributed by atoms with E-state index >= 15 is 0 Å². The van der Waals surface area contributed by atoms with E-state index in [1.807, 2.05) is 37.9 Å². The molecule has 7 nitrogen and oxygen atoms in total. The molecule has 7 heteroatoms. The number of hydrogen-bond donors (Lipinski definition) is 2. The number of benzene rings is 1. The van der Waals surface area contributed by atoms with Crippen molar-refractivity contribution in [3.05, 3.63) is 40.6 Å². The number of urea groups is 1. The molecule has 0 bridgehead atoms. The highest BCUT2D eigenvalue weighted by molar-refractivity contribution is 5.94. The first-order valence-electron chi connectivity index (χ1n) is 9.19. The van der Waals surface area contributed by atoms with Crippen molar-refractivity contribution in [2.75, 3.05) is 27.3 Å². The van der Waals surface area contributed by atoms with Crippen LogP contribution in [0.25, 0.3) is 0 Å². The van der Waals surface area contributed by atoms with Crippen molar-refractivity contribution in [3.63, 3.8) is 0 Å². The molecule has 27 heavy (non-hydrogen) atoms. The number of rotatable bonds is 8. The lowest BCUT2D eigenvalue weighted by Crippen LogP contribution is -2.51. The second-order valence-corrected chi connectivity index (χ2v) is 6.66. The fourth-order valence-electron chi connectivity index (χ4n) is 3.23.